The van der Waals surface area contributed by atoms with E-state index in [2.05, 4.69) is 38.2 Å². The van der Waals surface area contributed by atoms with E-state index in [1.54, 1.807) is 0 Å². The lowest BCUT2D eigenvalue weighted by atomic mass is 9.85. The van der Waals surface area contributed by atoms with E-state index in [1.807, 2.05) is 0 Å². The number of ether oxygens (including phenoxy) is 2. The fourth-order valence-electron chi connectivity index (χ4n) is 5.24. The first kappa shape index (κ1) is 45.4. The van der Waals surface area contributed by atoms with Crippen LogP contribution < -0.4 is 0 Å². The lowest BCUT2D eigenvalue weighted by Gasteiger charge is -2.41. The molecule has 0 aromatic heterocycles. The smallest absolute Gasteiger partial charge is 0.462 e. The number of hydrogen-bond donors (Lipinski definition) is 6. The molecule has 0 amide bonds. The molecule has 6 N–H and O–H groups in total. The van der Waals surface area contributed by atoms with Gasteiger partial charge in [-0.05, 0) is 38.5 Å². The highest BCUT2D eigenvalue weighted by Crippen LogP contribution is 2.47. The first-order valence-corrected chi connectivity index (χ1v) is 19.6. The number of carbonyl (C=O) groups excluding carboxylic acids is 2. The first-order chi connectivity index (χ1) is 23.4. The Kier molecular flexibility index (Phi) is 25.0. The summed E-state index contributed by atoms with van der Waals surface area (Å²) in [5, 5.41) is 49.7. The van der Waals surface area contributed by atoms with E-state index in [0.717, 1.165) is 77.0 Å². The summed E-state index contributed by atoms with van der Waals surface area (Å²) in [5.41, 5.74) is 0. The summed E-state index contributed by atoms with van der Waals surface area (Å²) in [6.07, 6.45) is 11.6. The summed E-state index contributed by atoms with van der Waals surface area (Å²) >= 11 is 0. The van der Waals surface area contributed by atoms with Crippen LogP contribution in [0.5, 0.6) is 0 Å². The Labute approximate surface area is 292 Å². The number of aliphatic hydroxyl groups is 5. The van der Waals surface area contributed by atoms with Crippen LogP contribution in [0.1, 0.15) is 129 Å². The molecule has 1 aliphatic rings. The normalized spacial score (nSPS) is 24.7. The molecule has 286 valence electrons. The van der Waals surface area contributed by atoms with E-state index in [9.17, 15) is 44.6 Å². The van der Waals surface area contributed by atoms with E-state index < -0.39 is 75.7 Å². The van der Waals surface area contributed by atoms with E-state index in [0.29, 0.717) is 12.8 Å². The molecule has 1 aliphatic carbocycles. The summed E-state index contributed by atoms with van der Waals surface area (Å²) in [6, 6.07) is 0. The third-order valence-electron chi connectivity index (χ3n) is 8.30. The molecule has 0 bridgehead atoms. The Morgan fingerprint density at radius 1 is 0.633 bits per heavy atom. The predicted octanol–water partition coefficient (Wildman–Crippen LogP) is 4.94. The van der Waals surface area contributed by atoms with Crippen molar-refractivity contribution in [3.05, 3.63) is 24.3 Å². The third-order valence-corrected chi connectivity index (χ3v) is 9.28. The highest BCUT2D eigenvalue weighted by atomic mass is 31.2. The number of hydrogen-bond acceptors (Lipinski definition) is 12. The van der Waals surface area contributed by atoms with Crippen LogP contribution in [0.15, 0.2) is 24.3 Å². The van der Waals surface area contributed by atoms with E-state index in [1.165, 1.54) is 12.8 Å². The Morgan fingerprint density at radius 2 is 1.12 bits per heavy atom. The quantitative estimate of drug-likeness (QED) is 0.0274. The highest BCUT2D eigenvalue weighted by molar-refractivity contribution is 7.47. The summed E-state index contributed by atoms with van der Waals surface area (Å²) in [6.45, 7) is 3.12. The molecule has 0 heterocycles. The topological polar surface area (TPSA) is 210 Å². The van der Waals surface area contributed by atoms with Gasteiger partial charge in [-0.2, -0.15) is 0 Å². The van der Waals surface area contributed by atoms with Crippen LogP contribution in [-0.4, -0.2) is 98.3 Å². The fraction of sp³-hybridized carbons (Fsp3) is 0.829. The summed E-state index contributed by atoms with van der Waals surface area (Å²) in [5.74, 6) is -1.13. The fourth-order valence-corrected chi connectivity index (χ4v) is 6.21. The zero-order valence-corrected chi connectivity index (χ0v) is 30.4. The van der Waals surface area contributed by atoms with Gasteiger partial charge >= 0.3 is 19.8 Å². The molecule has 1 rings (SSSR count). The lowest BCUT2D eigenvalue weighted by Crippen LogP contribution is -2.64. The number of carbonyl (C=O) groups is 2. The number of aliphatic hydroxyl groups excluding tert-OH is 5. The van der Waals surface area contributed by atoms with E-state index >= 15 is 0 Å². The molecule has 13 nitrogen and oxygen atoms in total. The second kappa shape index (κ2) is 27.0. The largest absolute Gasteiger partial charge is 0.472 e. The maximum Gasteiger partial charge on any atom is 0.472 e. The van der Waals surface area contributed by atoms with Crippen molar-refractivity contribution in [3.63, 3.8) is 0 Å². The van der Waals surface area contributed by atoms with Gasteiger partial charge in [0.05, 0.1) is 6.61 Å². The number of rotatable bonds is 28. The molecule has 0 aliphatic heterocycles. The number of phosphoric ester groups is 1. The summed E-state index contributed by atoms with van der Waals surface area (Å²) in [7, 11) is -5.10. The van der Waals surface area contributed by atoms with E-state index in [4.69, 9.17) is 18.5 Å². The van der Waals surface area contributed by atoms with Crippen LogP contribution in [0, 0.1) is 0 Å². The molecule has 0 aromatic carbocycles. The van der Waals surface area contributed by atoms with Crippen molar-refractivity contribution in [2.24, 2.45) is 0 Å². The molecule has 1 fully saturated rings. The van der Waals surface area contributed by atoms with Crippen molar-refractivity contribution in [1.29, 1.82) is 0 Å². The van der Waals surface area contributed by atoms with Crippen molar-refractivity contribution >= 4 is 19.8 Å². The molecular weight excluding hydrogens is 659 g/mol. The summed E-state index contributed by atoms with van der Waals surface area (Å²) < 4.78 is 33.1. The second-order valence-electron chi connectivity index (χ2n) is 12.7. The van der Waals surface area contributed by atoms with Crippen LogP contribution in [0.25, 0.3) is 0 Å². The van der Waals surface area contributed by atoms with Gasteiger partial charge in [0, 0.05) is 12.8 Å². The van der Waals surface area contributed by atoms with Gasteiger partial charge < -0.3 is 39.9 Å². The maximum absolute atomic E-state index is 12.7. The molecular formula is C35H63O13P. The molecule has 0 aromatic rings. The average molecular weight is 723 g/mol. The Bertz CT molecular complexity index is 975. The predicted molar refractivity (Wildman–Crippen MR) is 184 cm³/mol. The number of phosphoric acid groups is 1. The van der Waals surface area contributed by atoms with Gasteiger partial charge in [-0.1, -0.05) is 102 Å². The van der Waals surface area contributed by atoms with Gasteiger partial charge in [0.15, 0.2) is 6.10 Å². The number of esters is 2. The Hall–Kier alpha value is -1.67. The van der Waals surface area contributed by atoms with Crippen molar-refractivity contribution in [2.75, 3.05) is 13.2 Å². The molecule has 49 heavy (non-hydrogen) atoms. The third kappa shape index (κ3) is 20.7. The van der Waals surface area contributed by atoms with Crippen LogP contribution in [0.4, 0.5) is 0 Å². The lowest BCUT2D eigenvalue weighted by molar-refractivity contribution is -0.220. The second-order valence-corrected chi connectivity index (χ2v) is 14.1. The minimum absolute atomic E-state index is 0.0817. The van der Waals surface area contributed by atoms with Crippen LogP contribution in [0.3, 0.4) is 0 Å². The van der Waals surface area contributed by atoms with Gasteiger partial charge in [-0.15, -0.1) is 0 Å². The number of unbranched alkanes of at least 4 members (excludes halogenated alkanes) is 12. The number of allylic oxidation sites excluding steroid dienone is 4. The molecule has 0 radical (unpaired) electrons. The van der Waals surface area contributed by atoms with Gasteiger partial charge in [-0.3, -0.25) is 18.6 Å². The first-order valence-electron chi connectivity index (χ1n) is 18.1. The molecule has 1 saturated carbocycles. The Balaban J connectivity index is 2.56. The standard InChI is InChI=1S/C35H63O13P/c1-3-5-7-9-11-12-13-14-15-16-17-18-20-22-24-29(37)47-27(25-45-28(36)23-21-19-10-8-6-4-2)26-46-49(43,44)48-35-33(41)31(39)30(38)32(40)34(35)42/h9,11,13-14,27,30-35,38-42H,3-8,10,12,15-26H2,1-2H3,(H,43,44)/b11-9-,14-13-. The van der Waals surface area contributed by atoms with Gasteiger partial charge in [0.1, 0.15) is 43.2 Å². The van der Waals surface area contributed by atoms with Crippen LogP contribution in [0.2, 0.25) is 0 Å². The zero-order valence-electron chi connectivity index (χ0n) is 29.5. The zero-order chi connectivity index (χ0) is 36.5. The monoisotopic (exact) mass is 722 g/mol. The van der Waals surface area contributed by atoms with Gasteiger partial charge in [-0.25, -0.2) is 4.57 Å². The van der Waals surface area contributed by atoms with Crippen molar-refractivity contribution in [1.82, 2.24) is 0 Å². The average Bonchev–Trinajstić information content (AvgIpc) is 3.07. The van der Waals surface area contributed by atoms with Gasteiger partial charge in [0.2, 0.25) is 0 Å². The molecule has 6 unspecified atom stereocenters. The SMILES string of the molecule is CCCC/C=C\C/C=C\CCCCCCCC(=O)OC(COC(=O)CCCCCCCC)COP(=O)(O)OC1C(O)C(O)C(O)C(O)C1O. The minimum atomic E-state index is -5.10. The van der Waals surface area contributed by atoms with Crippen molar-refractivity contribution < 1.29 is 63.1 Å². The minimum Gasteiger partial charge on any atom is -0.462 e. The van der Waals surface area contributed by atoms with Crippen LogP contribution in [-0.2, 0) is 32.7 Å². The summed E-state index contributed by atoms with van der Waals surface area (Å²) in [4.78, 5) is 35.2. The molecule has 6 atom stereocenters. The molecule has 0 spiro atoms. The molecule has 0 saturated heterocycles. The Morgan fingerprint density at radius 3 is 1.71 bits per heavy atom. The van der Waals surface area contributed by atoms with Crippen molar-refractivity contribution in [2.45, 2.75) is 172 Å². The van der Waals surface area contributed by atoms with E-state index in [-0.39, 0.29) is 12.8 Å². The highest BCUT2D eigenvalue weighted by Gasteiger charge is 2.51. The van der Waals surface area contributed by atoms with Crippen LogP contribution >= 0.6 is 7.82 Å². The maximum atomic E-state index is 12.7. The molecule has 14 heteroatoms. The van der Waals surface area contributed by atoms with Crippen molar-refractivity contribution in [3.8, 4) is 0 Å². The van der Waals surface area contributed by atoms with Gasteiger partial charge in [0.25, 0.3) is 0 Å².